The van der Waals surface area contributed by atoms with E-state index in [1.165, 1.54) is 0 Å². The van der Waals surface area contributed by atoms with Gasteiger partial charge in [0.15, 0.2) is 14.9 Å². The minimum atomic E-state index is -3.01. The van der Waals surface area contributed by atoms with Gasteiger partial charge in [0.1, 0.15) is 0 Å². The van der Waals surface area contributed by atoms with Crippen molar-refractivity contribution in [1.29, 1.82) is 0 Å². The minimum absolute atomic E-state index is 0.0107. The van der Waals surface area contributed by atoms with Crippen LogP contribution in [0.15, 0.2) is 0 Å². The molecule has 0 saturated carbocycles. The Morgan fingerprint density at radius 2 is 2.07 bits per heavy atom. The number of nitrogens with one attached hydrogen (secondary N) is 2. The van der Waals surface area contributed by atoms with Crippen molar-refractivity contribution in [2.24, 2.45) is 0 Å². The number of alkyl halides is 1. The summed E-state index contributed by atoms with van der Waals surface area (Å²) in [6, 6.07) is -0.309. The third-order valence-electron chi connectivity index (χ3n) is 1.92. The van der Waals surface area contributed by atoms with Gasteiger partial charge in [-0.15, -0.1) is 11.6 Å². The molecule has 1 fully saturated rings. The molecular weight excluding hydrogens is 258 g/mol. The Bertz CT molecular complexity index is 344. The lowest BCUT2D eigenvalue weighted by Gasteiger charge is -2.20. The molecular formula is C7H14ClN3O2S2. The molecule has 1 heterocycles. The largest absolute Gasteiger partial charge is 0.356 e. The van der Waals surface area contributed by atoms with Crippen molar-refractivity contribution in [1.82, 2.24) is 15.8 Å². The molecule has 1 rings (SSSR count). The molecule has 1 aliphatic rings. The lowest BCUT2D eigenvalue weighted by atomic mass is 10.3. The summed E-state index contributed by atoms with van der Waals surface area (Å²) in [4.78, 5) is 0. The van der Waals surface area contributed by atoms with Crippen LogP contribution in [0.1, 0.15) is 0 Å². The van der Waals surface area contributed by atoms with Crippen LogP contribution >= 0.6 is 23.8 Å². The molecule has 15 heavy (non-hydrogen) atoms. The van der Waals surface area contributed by atoms with Gasteiger partial charge in [-0.1, -0.05) is 0 Å². The summed E-state index contributed by atoms with van der Waals surface area (Å²) in [6.45, 7) is 0. The Morgan fingerprint density at radius 1 is 1.47 bits per heavy atom. The maximum atomic E-state index is 11.3. The molecule has 0 spiro atoms. The van der Waals surface area contributed by atoms with Gasteiger partial charge in [-0.05, 0) is 12.2 Å². The number of hydrazine groups is 1. The molecule has 0 aliphatic carbocycles. The molecule has 1 saturated heterocycles. The maximum Gasteiger partial charge on any atom is 0.181 e. The van der Waals surface area contributed by atoms with E-state index in [1.807, 2.05) is 0 Å². The number of hydrogen-bond donors (Lipinski definition) is 2. The quantitative estimate of drug-likeness (QED) is 0.395. The summed E-state index contributed by atoms with van der Waals surface area (Å²) in [7, 11) is 0.564. The van der Waals surface area contributed by atoms with Crippen molar-refractivity contribution >= 4 is 38.8 Å². The number of rotatable bonds is 2. The number of thiocarbonyl (C=S) groups is 1. The molecule has 0 unspecified atom stereocenters. The van der Waals surface area contributed by atoms with Gasteiger partial charge in [-0.25, -0.2) is 13.4 Å². The van der Waals surface area contributed by atoms with Crippen molar-refractivity contribution in [2.75, 3.05) is 25.6 Å². The molecule has 1 aliphatic heterocycles. The summed E-state index contributed by atoms with van der Waals surface area (Å²) in [6.07, 6.45) is 0. The van der Waals surface area contributed by atoms with E-state index in [9.17, 15) is 8.42 Å². The molecule has 8 heteroatoms. The number of hydrogen-bond acceptors (Lipinski definition) is 4. The minimum Gasteiger partial charge on any atom is -0.356 e. The first kappa shape index (κ1) is 13.0. The molecule has 0 aromatic carbocycles. The molecule has 2 N–H and O–H groups in total. The van der Waals surface area contributed by atoms with Gasteiger partial charge in [-0.3, -0.25) is 5.43 Å². The summed E-state index contributed by atoms with van der Waals surface area (Å²) in [5, 5.41) is 4.51. The van der Waals surface area contributed by atoms with E-state index >= 15 is 0 Å². The van der Waals surface area contributed by atoms with Crippen LogP contribution in [-0.2, 0) is 9.84 Å². The second-order valence-corrected chi connectivity index (χ2v) is 6.80. The van der Waals surface area contributed by atoms with E-state index < -0.39 is 15.2 Å². The molecule has 0 amide bonds. The van der Waals surface area contributed by atoms with Crippen molar-refractivity contribution in [2.45, 2.75) is 11.4 Å². The first-order valence-electron chi connectivity index (χ1n) is 4.39. The van der Waals surface area contributed by atoms with Crippen molar-refractivity contribution in [3.8, 4) is 0 Å². The predicted molar refractivity (Wildman–Crippen MR) is 64.6 cm³/mol. The molecule has 0 radical (unpaired) electrons. The van der Waals surface area contributed by atoms with Gasteiger partial charge in [0.2, 0.25) is 0 Å². The van der Waals surface area contributed by atoms with Crippen LogP contribution < -0.4 is 10.7 Å². The molecule has 0 aromatic rings. The second-order valence-electron chi connectivity index (χ2n) is 3.68. The van der Waals surface area contributed by atoms with Gasteiger partial charge in [0.25, 0.3) is 0 Å². The highest BCUT2D eigenvalue weighted by Gasteiger charge is 2.36. The van der Waals surface area contributed by atoms with Gasteiger partial charge >= 0.3 is 0 Å². The van der Waals surface area contributed by atoms with Crippen LogP contribution in [0.3, 0.4) is 0 Å². The molecule has 88 valence electrons. The summed E-state index contributed by atoms with van der Waals surface area (Å²) >= 11 is 10.9. The Balaban J connectivity index is 2.50. The van der Waals surface area contributed by atoms with Crippen LogP contribution in [0.4, 0.5) is 0 Å². The monoisotopic (exact) mass is 271 g/mol. The molecule has 0 aromatic heterocycles. The van der Waals surface area contributed by atoms with Gasteiger partial charge in [0, 0.05) is 14.1 Å². The van der Waals surface area contributed by atoms with E-state index in [0.717, 1.165) is 0 Å². The Hall–Kier alpha value is -0.110. The molecule has 0 bridgehead atoms. The third-order valence-corrected chi connectivity index (χ3v) is 4.51. The number of halogens is 1. The van der Waals surface area contributed by atoms with Gasteiger partial charge in [-0.2, -0.15) is 0 Å². The fraction of sp³-hybridized carbons (Fsp3) is 0.857. The number of sulfone groups is 1. The second kappa shape index (κ2) is 4.82. The van der Waals surface area contributed by atoms with E-state index in [0.29, 0.717) is 5.11 Å². The van der Waals surface area contributed by atoms with Crippen LogP contribution in [0.25, 0.3) is 0 Å². The highest BCUT2D eigenvalue weighted by Crippen LogP contribution is 2.17. The summed E-state index contributed by atoms with van der Waals surface area (Å²) in [5.41, 5.74) is 2.82. The van der Waals surface area contributed by atoms with E-state index in [2.05, 4.69) is 10.7 Å². The maximum absolute atomic E-state index is 11.3. The molecule has 5 nitrogen and oxygen atoms in total. The van der Waals surface area contributed by atoms with Gasteiger partial charge < -0.3 is 5.32 Å². The highest BCUT2D eigenvalue weighted by atomic mass is 35.5. The fourth-order valence-corrected chi connectivity index (χ4v) is 4.22. The van der Waals surface area contributed by atoms with Gasteiger partial charge in [0.05, 0.1) is 22.9 Å². The van der Waals surface area contributed by atoms with Crippen LogP contribution in [0.5, 0.6) is 0 Å². The smallest absolute Gasteiger partial charge is 0.181 e. The summed E-state index contributed by atoms with van der Waals surface area (Å²) in [5.74, 6) is 0.0488. The number of nitrogens with zero attached hydrogens (tertiary/aromatic N) is 1. The Labute approximate surface area is 100 Å². The SMILES string of the molecule is CN(C)NC(=S)N[C@@H]1CS(=O)(=O)C[C@@H]1Cl. The van der Waals surface area contributed by atoms with E-state index in [1.54, 1.807) is 19.1 Å². The first-order valence-corrected chi connectivity index (χ1v) is 7.06. The van der Waals surface area contributed by atoms with E-state index in [-0.39, 0.29) is 17.5 Å². The Morgan fingerprint density at radius 3 is 2.47 bits per heavy atom. The van der Waals surface area contributed by atoms with Crippen molar-refractivity contribution in [3.05, 3.63) is 0 Å². The van der Waals surface area contributed by atoms with Crippen LogP contribution in [0.2, 0.25) is 0 Å². The predicted octanol–water partition coefficient (Wildman–Crippen LogP) is -0.668. The zero-order chi connectivity index (χ0) is 11.6. The van der Waals surface area contributed by atoms with Crippen molar-refractivity contribution < 1.29 is 8.42 Å². The topological polar surface area (TPSA) is 61.4 Å². The zero-order valence-corrected chi connectivity index (χ0v) is 10.9. The lowest BCUT2D eigenvalue weighted by molar-refractivity contribution is 0.358. The standard InChI is InChI=1S/C7H14ClN3O2S2/c1-11(2)10-7(14)9-6-4-15(12,13)3-5(6)8/h5-6H,3-4H2,1-2H3,(H2,9,10,14)/t5-,6+/m0/s1. The normalized spacial score (nSPS) is 29.1. The lowest BCUT2D eigenvalue weighted by Crippen LogP contribution is -2.49. The Kier molecular flexibility index (Phi) is 4.16. The highest BCUT2D eigenvalue weighted by molar-refractivity contribution is 7.91. The third kappa shape index (κ3) is 4.10. The zero-order valence-electron chi connectivity index (χ0n) is 8.53. The van der Waals surface area contributed by atoms with Crippen LogP contribution in [0, 0.1) is 0 Å². The summed E-state index contributed by atoms with van der Waals surface area (Å²) < 4.78 is 22.5. The average Bonchev–Trinajstić information content (AvgIpc) is 2.22. The molecule has 2 atom stereocenters. The first-order chi connectivity index (χ1) is 6.80. The van der Waals surface area contributed by atoms with Crippen LogP contribution in [-0.4, -0.2) is 55.6 Å². The van der Waals surface area contributed by atoms with Crippen molar-refractivity contribution in [3.63, 3.8) is 0 Å². The van der Waals surface area contributed by atoms with E-state index in [4.69, 9.17) is 23.8 Å². The fourth-order valence-electron chi connectivity index (χ4n) is 1.34. The average molecular weight is 272 g/mol.